The highest BCUT2D eigenvalue weighted by molar-refractivity contribution is 5.91. The second-order valence-corrected chi connectivity index (χ2v) is 8.61. The van der Waals surface area contributed by atoms with Gasteiger partial charge in [0.1, 0.15) is 18.2 Å². The molecule has 0 aliphatic heterocycles. The predicted octanol–water partition coefficient (Wildman–Crippen LogP) is 6.22. The largest absolute Gasteiger partial charge is 0.497 e. The molecule has 0 spiro atoms. The minimum atomic E-state index is -0.358. The fraction of sp³-hybridized carbons (Fsp3) is 0.133. The van der Waals surface area contributed by atoms with Crippen molar-refractivity contribution in [3.05, 3.63) is 126 Å². The van der Waals surface area contributed by atoms with E-state index in [4.69, 9.17) is 9.47 Å². The maximum absolute atomic E-state index is 13.3. The van der Waals surface area contributed by atoms with Crippen molar-refractivity contribution in [3.8, 4) is 11.5 Å². The Balaban J connectivity index is 1.46. The number of halogens is 1. The van der Waals surface area contributed by atoms with E-state index in [0.717, 1.165) is 16.8 Å². The number of fused-ring (bicyclic) bond motifs is 1. The summed E-state index contributed by atoms with van der Waals surface area (Å²) in [5.41, 5.74) is 4.00. The average molecular weight is 496 g/mol. The van der Waals surface area contributed by atoms with Crippen LogP contribution in [0.25, 0.3) is 5.65 Å². The van der Waals surface area contributed by atoms with Gasteiger partial charge in [0.05, 0.1) is 12.8 Å². The molecule has 0 fully saturated rings. The zero-order valence-corrected chi connectivity index (χ0v) is 20.3. The molecule has 6 nitrogen and oxygen atoms in total. The molecule has 0 saturated carbocycles. The molecular formula is C30H26FN3O3. The molecule has 2 aromatic heterocycles. The molecule has 0 radical (unpaired) electrons. The van der Waals surface area contributed by atoms with E-state index < -0.39 is 0 Å². The maximum atomic E-state index is 13.3. The van der Waals surface area contributed by atoms with Gasteiger partial charge >= 0.3 is 0 Å². The standard InChI is InChI=1S/C30H26FN3O3/c1-36-25-10-5-9-22(17-25)26(18-29(35)33-24-14-12-23(31)13-15-24)27-19-32-30-28(11-6-16-34(27)30)37-20-21-7-3-2-4-8-21/h2-17,19,26H,18,20H2,1H3,(H,33,35). The van der Waals surface area contributed by atoms with Gasteiger partial charge in [0.25, 0.3) is 0 Å². The van der Waals surface area contributed by atoms with Gasteiger partial charge in [0, 0.05) is 30.4 Å². The molecule has 1 N–H and O–H groups in total. The second-order valence-electron chi connectivity index (χ2n) is 8.61. The van der Waals surface area contributed by atoms with Crippen molar-refractivity contribution in [1.82, 2.24) is 9.38 Å². The molecule has 2 heterocycles. The third-order valence-electron chi connectivity index (χ3n) is 6.14. The number of aromatic nitrogens is 2. The summed E-state index contributed by atoms with van der Waals surface area (Å²) in [5, 5.41) is 2.87. The molecule has 7 heteroatoms. The monoisotopic (exact) mass is 495 g/mol. The highest BCUT2D eigenvalue weighted by Crippen LogP contribution is 2.33. The molecule has 0 saturated heterocycles. The van der Waals surface area contributed by atoms with Crippen molar-refractivity contribution >= 4 is 17.2 Å². The Kier molecular flexibility index (Phi) is 7.12. The third kappa shape index (κ3) is 5.62. The Morgan fingerprint density at radius 1 is 1.00 bits per heavy atom. The van der Waals surface area contributed by atoms with Crippen LogP contribution in [0.1, 0.15) is 29.2 Å². The van der Waals surface area contributed by atoms with Crippen molar-refractivity contribution in [2.45, 2.75) is 18.9 Å². The third-order valence-corrected chi connectivity index (χ3v) is 6.14. The molecule has 0 aliphatic rings. The average Bonchev–Trinajstić information content (AvgIpc) is 3.37. The highest BCUT2D eigenvalue weighted by atomic mass is 19.1. The minimum Gasteiger partial charge on any atom is -0.497 e. The van der Waals surface area contributed by atoms with Gasteiger partial charge in [-0.3, -0.25) is 4.79 Å². The summed E-state index contributed by atoms with van der Waals surface area (Å²) in [7, 11) is 1.61. The van der Waals surface area contributed by atoms with Gasteiger partial charge in [-0.1, -0.05) is 42.5 Å². The van der Waals surface area contributed by atoms with Gasteiger partial charge in [0.15, 0.2) is 11.4 Å². The number of nitrogens with one attached hydrogen (secondary N) is 1. The Labute approximate surface area is 214 Å². The van der Waals surface area contributed by atoms with E-state index in [1.807, 2.05) is 77.3 Å². The summed E-state index contributed by atoms with van der Waals surface area (Å²) >= 11 is 0. The van der Waals surface area contributed by atoms with Crippen LogP contribution >= 0.6 is 0 Å². The van der Waals surface area contributed by atoms with E-state index >= 15 is 0 Å². The van der Waals surface area contributed by atoms with Gasteiger partial charge in [-0.05, 0) is 59.7 Å². The van der Waals surface area contributed by atoms with Crippen molar-refractivity contribution in [2.24, 2.45) is 0 Å². The summed E-state index contributed by atoms with van der Waals surface area (Å²) in [6, 6.07) is 27.1. The van der Waals surface area contributed by atoms with Crippen LogP contribution in [0.3, 0.4) is 0 Å². The summed E-state index contributed by atoms with van der Waals surface area (Å²) in [4.78, 5) is 17.8. The Bertz CT molecular complexity index is 1500. The van der Waals surface area contributed by atoms with Crippen molar-refractivity contribution in [1.29, 1.82) is 0 Å². The number of hydrogen-bond donors (Lipinski definition) is 1. The SMILES string of the molecule is COc1cccc(C(CC(=O)Nc2ccc(F)cc2)c2cnc3c(OCc4ccccc4)cccn23)c1. The lowest BCUT2D eigenvalue weighted by Crippen LogP contribution is -2.17. The number of imidazole rings is 1. The highest BCUT2D eigenvalue weighted by Gasteiger charge is 2.23. The van der Waals surface area contributed by atoms with Crippen LogP contribution < -0.4 is 14.8 Å². The number of ether oxygens (including phenoxy) is 2. The van der Waals surface area contributed by atoms with Crippen LogP contribution in [-0.4, -0.2) is 22.4 Å². The van der Waals surface area contributed by atoms with Gasteiger partial charge < -0.3 is 19.2 Å². The molecule has 37 heavy (non-hydrogen) atoms. The lowest BCUT2D eigenvalue weighted by atomic mass is 9.92. The van der Waals surface area contributed by atoms with Crippen LogP contribution in [0, 0.1) is 5.82 Å². The molecule has 0 aliphatic carbocycles. The van der Waals surface area contributed by atoms with Crippen LogP contribution in [-0.2, 0) is 11.4 Å². The normalized spacial score (nSPS) is 11.7. The summed E-state index contributed by atoms with van der Waals surface area (Å²) in [6.45, 7) is 0.419. The van der Waals surface area contributed by atoms with Crippen LogP contribution in [0.15, 0.2) is 103 Å². The van der Waals surface area contributed by atoms with Crippen molar-refractivity contribution in [3.63, 3.8) is 0 Å². The number of nitrogens with zero attached hydrogens (tertiary/aromatic N) is 2. The minimum absolute atomic E-state index is 0.146. The summed E-state index contributed by atoms with van der Waals surface area (Å²) in [5.74, 6) is 0.462. The smallest absolute Gasteiger partial charge is 0.225 e. The van der Waals surface area contributed by atoms with E-state index in [-0.39, 0.29) is 24.1 Å². The van der Waals surface area contributed by atoms with Crippen LogP contribution in [0.4, 0.5) is 10.1 Å². The Morgan fingerprint density at radius 2 is 1.81 bits per heavy atom. The number of anilines is 1. The van der Waals surface area contributed by atoms with E-state index in [1.165, 1.54) is 12.1 Å². The van der Waals surface area contributed by atoms with Crippen molar-refractivity contribution < 1.29 is 18.7 Å². The fourth-order valence-electron chi connectivity index (χ4n) is 4.29. The van der Waals surface area contributed by atoms with Gasteiger partial charge in [-0.15, -0.1) is 0 Å². The lowest BCUT2D eigenvalue weighted by Gasteiger charge is -2.18. The zero-order valence-electron chi connectivity index (χ0n) is 20.3. The molecular weight excluding hydrogens is 469 g/mol. The number of carbonyl (C=O) groups excluding carboxylic acids is 1. The number of hydrogen-bond acceptors (Lipinski definition) is 4. The quantitative estimate of drug-likeness (QED) is 0.264. The van der Waals surface area contributed by atoms with Crippen molar-refractivity contribution in [2.75, 3.05) is 12.4 Å². The van der Waals surface area contributed by atoms with E-state index in [0.29, 0.717) is 29.4 Å². The molecule has 3 aromatic carbocycles. The van der Waals surface area contributed by atoms with Gasteiger partial charge in [-0.2, -0.15) is 0 Å². The van der Waals surface area contributed by atoms with Gasteiger partial charge in [0.2, 0.25) is 5.91 Å². The lowest BCUT2D eigenvalue weighted by molar-refractivity contribution is -0.116. The molecule has 1 unspecified atom stereocenters. The van der Waals surface area contributed by atoms with E-state index in [2.05, 4.69) is 10.3 Å². The first kappa shape index (κ1) is 24.1. The van der Waals surface area contributed by atoms with Crippen LogP contribution in [0.2, 0.25) is 0 Å². The fourth-order valence-corrected chi connectivity index (χ4v) is 4.29. The first-order chi connectivity index (χ1) is 18.1. The molecule has 1 atom stereocenters. The van der Waals surface area contributed by atoms with Gasteiger partial charge in [-0.25, -0.2) is 9.37 Å². The number of carbonyl (C=O) groups is 1. The first-order valence-electron chi connectivity index (χ1n) is 11.9. The first-order valence-corrected chi connectivity index (χ1v) is 11.9. The molecule has 0 bridgehead atoms. The Hall–Kier alpha value is -4.65. The zero-order chi connectivity index (χ0) is 25.6. The molecule has 5 aromatic rings. The number of rotatable bonds is 9. The maximum Gasteiger partial charge on any atom is 0.225 e. The van der Waals surface area contributed by atoms with E-state index in [1.54, 1.807) is 25.4 Å². The molecule has 186 valence electrons. The summed E-state index contributed by atoms with van der Waals surface area (Å²) in [6.07, 6.45) is 3.84. The predicted molar refractivity (Wildman–Crippen MR) is 140 cm³/mol. The second kappa shape index (κ2) is 11.0. The Morgan fingerprint density at radius 3 is 2.59 bits per heavy atom. The summed E-state index contributed by atoms with van der Waals surface area (Å²) < 4.78 is 26.8. The topological polar surface area (TPSA) is 64.9 Å². The number of benzene rings is 3. The van der Waals surface area contributed by atoms with Crippen LogP contribution in [0.5, 0.6) is 11.5 Å². The number of methoxy groups -OCH3 is 1. The molecule has 5 rings (SSSR count). The van der Waals surface area contributed by atoms with E-state index in [9.17, 15) is 9.18 Å². The molecule has 1 amide bonds. The number of pyridine rings is 1. The number of amides is 1.